The van der Waals surface area contributed by atoms with E-state index in [0.29, 0.717) is 11.3 Å². The number of rotatable bonds is 9. The fraction of sp³-hybridized carbons (Fsp3) is 0.263. The van der Waals surface area contributed by atoms with E-state index in [-0.39, 0.29) is 17.7 Å². The third kappa shape index (κ3) is 7.48. The van der Waals surface area contributed by atoms with Crippen molar-refractivity contribution in [3.63, 3.8) is 0 Å². The van der Waals surface area contributed by atoms with Crippen molar-refractivity contribution in [2.45, 2.75) is 23.8 Å². The SMILES string of the molecule is CSCCC(NS(=O)(=O)c1ccccc1)C(=O)NNC(=O)Cc1ccc(F)cc1. The number of hydrogen-bond donors (Lipinski definition) is 3. The summed E-state index contributed by atoms with van der Waals surface area (Å²) in [5, 5.41) is 0. The molecule has 0 fully saturated rings. The van der Waals surface area contributed by atoms with E-state index in [4.69, 9.17) is 0 Å². The number of hydrogen-bond acceptors (Lipinski definition) is 5. The van der Waals surface area contributed by atoms with Crippen LogP contribution in [0.25, 0.3) is 0 Å². The van der Waals surface area contributed by atoms with E-state index in [1.54, 1.807) is 18.2 Å². The summed E-state index contributed by atoms with van der Waals surface area (Å²) in [6.07, 6.45) is 2.02. The summed E-state index contributed by atoms with van der Waals surface area (Å²) in [7, 11) is -3.89. The van der Waals surface area contributed by atoms with Crippen LogP contribution in [0.5, 0.6) is 0 Å². The van der Waals surface area contributed by atoms with Crippen molar-refractivity contribution in [3.8, 4) is 0 Å². The molecule has 156 valence electrons. The maximum absolute atomic E-state index is 12.9. The zero-order valence-corrected chi connectivity index (χ0v) is 17.4. The van der Waals surface area contributed by atoms with Gasteiger partial charge in [-0.15, -0.1) is 0 Å². The molecule has 0 heterocycles. The van der Waals surface area contributed by atoms with Gasteiger partial charge >= 0.3 is 0 Å². The standard InChI is InChI=1S/C19H22FN3O4S2/c1-28-12-11-17(23-29(26,27)16-5-3-2-4-6-16)19(25)22-21-18(24)13-14-7-9-15(20)10-8-14/h2-10,17,23H,11-13H2,1H3,(H,21,24)(H,22,25). The molecule has 10 heteroatoms. The van der Waals surface area contributed by atoms with E-state index in [9.17, 15) is 22.4 Å². The summed E-state index contributed by atoms with van der Waals surface area (Å²) >= 11 is 1.46. The monoisotopic (exact) mass is 439 g/mol. The predicted octanol–water partition coefficient (Wildman–Crippen LogP) is 1.62. The molecule has 0 aliphatic carbocycles. The first kappa shape index (κ1) is 22.9. The van der Waals surface area contributed by atoms with Gasteiger partial charge < -0.3 is 0 Å². The Morgan fingerprint density at radius 1 is 1.03 bits per heavy atom. The van der Waals surface area contributed by atoms with Gasteiger partial charge in [-0.25, -0.2) is 12.8 Å². The van der Waals surface area contributed by atoms with Crippen molar-refractivity contribution >= 4 is 33.6 Å². The Kier molecular flexibility index (Phi) is 8.62. The van der Waals surface area contributed by atoms with Crippen LogP contribution in [-0.2, 0) is 26.0 Å². The molecule has 0 aliphatic heterocycles. The lowest BCUT2D eigenvalue weighted by molar-refractivity contribution is -0.129. The average Bonchev–Trinajstić information content (AvgIpc) is 2.71. The molecule has 0 saturated heterocycles. The zero-order chi connectivity index (χ0) is 21.3. The Labute approximate surface area is 173 Å². The van der Waals surface area contributed by atoms with Gasteiger partial charge in [-0.05, 0) is 48.3 Å². The number of carbonyl (C=O) groups excluding carboxylic acids is 2. The third-order valence-electron chi connectivity index (χ3n) is 3.88. The molecule has 2 amide bonds. The van der Waals surface area contributed by atoms with Gasteiger partial charge in [-0.1, -0.05) is 30.3 Å². The van der Waals surface area contributed by atoms with Crippen LogP contribution in [0.2, 0.25) is 0 Å². The molecule has 0 radical (unpaired) electrons. The van der Waals surface area contributed by atoms with E-state index in [2.05, 4.69) is 15.6 Å². The molecule has 3 N–H and O–H groups in total. The van der Waals surface area contributed by atoms with Gasteiger partial charge in [0.2, 0.25) is 15.9 Å². The second-order valence-electron chi connectivity index (χ2n) is 6.11. The molecule has 2 rings (SSSR count). The Morgan fingerprint density at radius 3 is 2.31 bits per heavy atom. The number of benzene rings is 2. The second-order valence-corrected chi connectivity index (χ2v) is 8.81. The fourth-order valence-corrected chi connectivity index (χ4v) is 4.11. The topological polar surface area (TPSA) is 104 Å². The van der Waals surface area contributed by atoms with Crippen LogP contribution < -0.4 is 15.6 Å². The number of nitrogens with one attached hydrogen (secondary N) is 3. The summed E-state index contributed by atoms with van der Waals surface area (Å²) < 4.78 is 40.3. The highest BCUT2D eigenvalue weighted by atomic mass is 32.2. The second kappa shape index (κ2) is 10.9. The lowest BCUT2D eigenvalue weighted by Gasteiger charge is -2.18. The molecule has 29 heavy (non-hydrogen) atoms. The summed E-state index contributed by atoms with van der Waals surface area (Å²) in [5.41, 5.74) is 5.07. The minimum absolute atomic E-state index is 0.0438. The highest BCUT2D eigenvalue weighted by Crippen LogP contribution is 2.10. The van der Waals surface area contributed by atoms with Crippen LogP contribution in [0.1, 0.15) is 12.0 Å². The lowest BCUT2D eigenvalue weighted by atomic mass is 10.1. The van der Waals surface area contributed by atoms with Crippen molar-refractivity contribution in [3.05, 3.63) is 66.0 Å². The van der Waals surface area contributed by atoms with Crippen LogP contribution in [0, 0.1) is 5.82 Å². The number of halogens is 1. The predicted molar refractivity (Wildman–Crippen MR) is 110 cm³/mol. The van der Waals surface area contributed by atoms with Gasteiger partial charge in [-0.2, -0.15) is 16.5 Å². The van der Waals surface area contributed by atoms with Crippen molar-refractivity contribution in [1.29, 1.82) is 0 Å². The van der Waals surface area contributed by atoms with Crippen molar-refractivity contribution < 1.29 is 22.4 Å². The van der Waals surface area contributed by atoms with Gasteiger partial charge in [0.05, 0.1) is 11.3 Å². The number of thioether (sulfide) groups is 1. The number of sulfonamides is 1. The van der Waals surface area contributed by atoms with E-state index < -0.39 is 33.7 Å². The van der Waals surface area contributed by atoms with Crippen LogP contribution >= 0.6 is 11.8 Å². The van der Waals surface area contributed by atoms with Crippen LogP contribution in [-0.4, -0.2) is 38.3 Å². The van der Waals surface area contributed by atoms with Crippen molar-refractivity contribution in [2.75, 3.05) is 12.0 Å². The molecule has 1 atom stereocenters. The van der Waals surface area contributed by atoms with Gasteiger partial charge in [-0.3, -0.25) is 20.4 Å². The normalized spacial score (nSPS) is 12.2. The van der Waals surface area contributed by atoms with E-state index >= 15 is 0 Å². The highest BCUT2D eigenvalue weighted by molar-refractivity contribution is 7.98. The molecule has 0 bridgehead atoms. The first-order chi connectivity index (χ1) is 13.8. The van der Waals surface area contributed by atoms with Crippen LogP contribution in [0.15, 0.2) is 59.5 Å². The Morgan fingerprint density at radius 2 is 1.69 bits per heavy atom. The molecule has 2 aromatic carbocycles. The first-order valence-electron chi connectivity index (χ1n) is 8.71. The third-order valence-corrected chi connectivity index (χ3v) is 6.01. The molecule has 7 nitrogen and oxygen atoms in total. The summed E-state index contributed by atoms with van der Waals surface area (Å²) in [6.45, 7) is 0. The molecular formula is C19H22FN3O4S2. The maximum Gasteiger partial charge on any atom is 0.256 e. The molecule has 0 spiro atoms. The summed E-state index contributed by atoms with van der Waals surface area (Å²) in [4.78, 5) is 24.5. The van der Waals surface area contributed by atoms with Gasteiger partial charge in [0.25, 0.3) is 5.91 Å². The Hall–Kier alpha value is -2.43. The number of amides is 2. The Bertz CT molecular complexity index is 922. The average molecular weight is 440 g/mol. The highest BCUT2D eigenvalue weighted by Gasteiger charge is 2.25. The van der Waals surface area contributed by atoms with Crippen LogP contribution in [0.3, 0.4) is 0 Å². The largest absolute Gasteiger partial charge is 0.273 e. The first-order valence-corrected chi connectivity index (χ1v) is 11.6. The quantitative estimate of drug-likeness (QED) is 0.515. The van der Waals surface area contributed by atoms with Crippen molar-refractivity contribution in [2.24, 2.45) is 0 Å². The van der Waals surface area contributed by atoms with E-state index in [1.165, 1.54) is 48.2 Å². The molecule has 0 saturated carbocycles. The molecule has 0 aromatic heterocycles. The number of carbonyl (C=O) groups is 2. The smallest absolute Gasteiger partial charge is 0.256 e. The van der Waals surface area contributed by atoms with Gasteiger partial charge in [0, 0.05) is 0 Å². The van der Waals surface area contributed by atoms with Crippen LogP contribution in [0.4, 0.5) is 4.39 Å². The Balaban J connectivity index is 1.97. The van der Waals surface area contributed by atoms with E-state index in [0.717, 1.165) is 0 Å². The van der Waals surface area contributed by atoms with E-state index in [1.807, 2.05) is 6.26 Å². The zero-order valence-electron chi connectivity index (χ0n) is 15.7. The minimum atomic E-state index is -3.89. The molecular weight excluding hydrogens is 417 g/mol. The van der Waals surface area contributed by atoms with Gasteiger partial charge in [0.15, 0.2) is 0 Å². The fourth-order valence-electron chi connectivity index (χ4n) is 2.38. The summed E-state index contributed by atoms with van der Waals surface area (Å²) in [6, 6.07) is 12.1. The van der Waals surface area contributed by atoms with Gasteiger partial charge in [0.1, 0.15) is 11.9 Å². The molecule has 0 aliphatic rings. The van der Waals surface area contributed by atoms with Crippen molar-refractivity contribution in [1.82, 2.24) is 15.6 Å². The number of hydrazine groups is 1. The molecule has 1 unspecified atom stereocenters. The maximum atomic E-state index is 12.9. The summed E-state index contributed by atoms with van der Waals surface area (Å²) in [5.74, 6) is -1.06. The minimum Gasteiger partial charge on any atom is -0.273 e. The molecule has 2 aromatic rings. The lowest BCUT2D eigenvalue weighted by Crippen LogP contribution is -2.52.